The lowest BCUT2D eigenvalue weighted by Crippen LogP contribution is -2.62. The van der Waals surface area contributed by atoms with E-state index in [0.29, 0.717) is 25.8 Å². The van der Waals surface area contributed by atoms with Crippen LogP contribution >= 0.6 is 0 Å². The summed E-state index contributed by atoms with van der Waals surface area (Å²) >= 11 is 0. The molecule has 0 aromatic heterocycles. The van der Waals surface area contributed by atoms with Crippen LogP contribution in [0.2, 0.25) is 0 Å². The first-order valence-electron chi connectivity index (χ1n) is 24.2. The summed E-state index contributed by atoms with van der Waals surface area (Å²) in [6.45, 7) is 0.446. The number of hydrogen-bond donors (Lipinski definition) is 17. The average Bonchev–Trinajstić information content (AvgIpc) is 3.85. The van der Waals surface area contributed by atoms with Gasteiger partial charge in [-0.2, -0.15) is 13.2 Å². The van der Waals surface area contributed by atoms with Crippen molar-refractivity contribution in [2.75, 3.05) is 52.4 Å². The summed E-state index contributed by atoms with van der Waals surface area (Å²) in [4.78, 5) is 124. The number of unbranched alkanes of at least 4 members (excludes halogenated alkanes) is 2. The van der Waals surface area contributed by atoms with Crippen LogP contribution in [0.3, 0.4) is 0 Å². The molecule has 1 rings (SSSR count). The second-order valence-electron chi connectivity index (χ2n) is 17.6. The third-order valence-corrected chi connectivity index (χ3v) is 11.5. The SMILES string of the molecule is C[C@H](CN)[C@H](NC(=O)C(NC(=O)[C@@H](N)CCCCN)[C@@H](O)CN)C(=O)NCC(=O)N[C@H](CCCN)C(=O)N1CCC[C@H]1C(=O)N[C@@H](CC(F)(F)F)C(=O)N[C@@H](CCCCN)C(=O)N/C(=C\CCN=C(N)N)C(=O)O. The number of nitrogens with zero attached hydrogens (tertiary/aromatic N) is 2. The molecular weight excluding hydrogens is 988 g/mol. The van der Waals surface area contributed by atoms with Crippen molar-refractivity contribution in [1.82, 2.24) is 42.1 Å². The minimum atomic E-state index is -5.06. The number of hydrogen-bond acceptors (Lipinski definition) is 17. The molecule has 0 aromatic carbocycles. The zero-order valence-corrected chi connectivity index (χ0v) is 41.6. The number of amides is 8. The Balaban J connectivity index is 3.27. The van der Waals surface area contributed by atoms with E-state index in [1.165, 1.54) is 6.92 Å². The monoisotopic (exact) mass is 1070 g/mol. The molecular formula is C43H78F3N17O11. The maximum absolute atomic E-state index is 14.1. The molecule has 0 spiro atoms. The molecule has 0 bridgehead atoms. The van der Waals surface area contributed by atoms with Gasteiger partial charge in [0.1, 0.15) is 41.9 Å². The van der Waals surface area contributed by atoms with Gasteiger partial charge in [-0.1, -0.05) is 19.4 Å². The number of aliphatic imine (C=N–C) groups is 1. The molecule has 1 unspecified atom stereocenters. The van der Waals surface area contributed by atoms with Crippen molar-refractivity contribution in [3.63, 3.8) is 0 Å². The largest absolute Gasteiger partial charge is 0.477 e. The Morgan fingerprint density at radius 3 is 1.91 bits per heavy atom. The maximum atomic E-state index is 14.1. The second-order valence-corrected chi connectivity index (χ2v) is 17.6. The second kappa shape index (κ2) is 34.3. The number of carbonyl (C=O) groups is 9. The number of guanidine groups is 1. The number of nitrogens with one attached hydrogen (secondary N) is 7. The molecule has 0 radical (unpaired) electrons. The molecule has 9 atom stereocenters. The number of rotatable bonds is 35. The van der Waals surface area contributed by atoms with Crippen LogP contribution in [0.4, 0.5) is 13.2 Å². The van der Waals surface area contributed by atoms with Gasteiger partial charge in [0.05, 0.1) is 25.1 Å². The van der Waals surface area contributed by atoms with Crippen LogP contribution < -0.4 is 83.1 Å². The summed E-state index contributed by atoms with van der Waals surface area (Å²) in [7, 11) is 0. The van der Waals surface area contributed by atoms with Crippen LogP contribution in [-0.4, -0.2) is 181 Å². The lowest BCUT2D eigenvalue weighted by Gasteiger charge is -2.30. The van der Waals surface area contributed by atoms with E-state index in [0.717, 1.165) is 11.0 Å². The fourth-order valence-electron chi connectivity index (χ4n) is 7.38. The van der Waals surface area contributed by atoms with E-state index in [4.69, 9.17) is 45.9 Å². The quantitative estimate of drug-likeness (QED) is 0.0121. The van der Waals surface area contributed by atoms with E-state index >= 15 is 0 Å². The van der Waals surface area contributed by atoms with Crippen molar-refractivity contribution in [3.05, 3.63) is 11.8 Å². The fraction of sp³-hybridized carbons (Fsp3) is 0.721. The highest BCUT2D eigenvalue weighted by molar-refractivity contribution is 5.99. The summed E-state index contributed by atoms with van der Waals surface area (Å²) in [5.74, 6) is -10.9. The summed E-state index contributed by atoms with van der Waals surface area (Å²) in [5, 5.41) is 36.1. The van der Waals surface area contributed by atoms with Crippen LogP contribution in [0.15, 0.2) is 16.8 Å². The molecule has 422 valence electrons. The first-order valence-corrected chi connectivity index (χ1v) is 24.2. The first-order chi connectivity index (χ1) is 34.8. The van der Waals surface area contributed by atoms with Gasteiger partial charge in [0.25, 0.3) is 0 Å². The van der Waals surface area contributed by atoms with Crippen molar-refractivity contribution in [3.8, 4) is 0 Å². The molecule has 31 heteroatoms. The molecule has 1 heterocycles. The fourth-order valence-corrected chi connectivity index (χ4v) is 7.38. The zero-order valence-electron chi connectivity index (χ0n) is 41.6. The standard InChI is InChI=1S/C43H78F3N17O11/c1-23(20-50)32(61-39(71)33(30(64)21-51)62-34(66)24(52)9-2-4-14-47)38(70)56-22-31(65)57-26(11-6-16-49)40(72)63-18-8-13-29(63)37(69)60-28(19-43(44,45)46)36(68)58-25(10-3-5-15-48)35(67)59-27(41(73)74)12-7-17-55-42(53)54/h12,23-26,28-30,32-33,64H,2-11,13-22,47-52H2,1H3,(H,56,70)(H,57,65)(H,58,68)(H,59,67)(H,60,69)(H,61,71)(H,62,66)(H,73,74)(H4,53,54,55)/b27-12-/t23-,24+,25+,26-,28+,29+,30+,32+,33?/m1/s1. The molecule has 1 saturated heterocycles. The van der Waals surface area contributed by atoms with Crippen LogP contribution in [0.1, 0.15) is 84.0 Å². The number of carboxylic acids is 1. The third kappa shape index (κ3) is 24.2. The molecule has 25 N–H and O–H groups in total. The van der Waals surface area contributed by atoms with E-state index in [2.05, 4.69) is 36.9 Å². The Kier molecular flexibility index (Phi) is 30.5. The van der Waals surface area contributed by atoms with Gasteiger partial charge in [-0.3, -0.25) is 43.3 Å². The summed E-state index contributed by atoms with van der Waals surface area (Å²) in [6, 6.07) is -11.0. The van der Waals surface area contributed by atoms with Crippen molar-refractivity contribution in [2.24, 2.45) is 56.8 Å². The number of likely N-dealkylation sites (tertiary alicyclic amines) is 1. The minimum absolute atomic E-state index is 0.0337. The number of alkyl halides is 3. The van der Waals surface area contributed by atoms with Crippen LogP contribution in [-0.2, 0) is 43.2 Å². The number of halogens is 3. The predicted molar refractivity (Wildman–Crippen MR) is 263 cm³/mol. The number of aliphatic hydroxyl groups excluding tert-OH is 1. The lowest BCUT2D eigenvalue weighted by atomic mass is 9.99. The van der Waals surface area contributed by atoms with Crippen molar-refractivity contribution < 1.29 is 66.5 Å². The van der Waals surface area contributed by atoms with Gasteiger partial charge >= 0.3 is 12.1 Å². The molecule has 1 fully saturated rings. The van der Waals surface area contributed by atoms with Gasteiger partial charge in [-0.25, -0.2) is 4.79 Å². The Hall–Kier alpha value is -6.25. The Morgan fingerprint density at radius 2 is 1.34 bits per heavy atom. The third-order valence-electron chi connectivity index (χ3n) is 11.5. The average molecular weight is 1070 g/mol. The van der Waals surface area contributed by atoms with Gasteiger partial charge in [-0.05, 0) is 96.3 Å². The predicted octanol–water partition coefficient (Wildman–Crippen LogP) is -6.54. The maximum Gasteiger partial charge on any atom is 0.391 e. The van der Waals surface area contributed by atoms with E-state index in [1.54, 1.807) is 0 Å². The molecule has 8 amide bonds. The highest BCUT2D eigenvalue weighted by Gasteiger charge is 2.42. The van der Waals surface area contributed by atoms with Crippen molar-refractivity contribution in [1.29, 1.82) is 0 Å². The van der Waals surface area contributed by atoms with Crippen molar-refractivity contribution in [2.45, 2.75) is 139 Å². The van der Waals surface area contributed by atoms with E-state index in [-0.39, 0.29) is 90.0 Å². The van der Waals surface area contributed by atoms with Gasteiger partial charge in [0.15, 0.2) is 5.96 Å². The topological polar surface area (TPSA) is 502 Å². The molecule has 28 nitrogen and oxygen atoms in total. The lowest BCUT2D eigenvalue weighted by molar-refractivity contribution is -0.153. The molecule has 1 aliphatic rings. The Bertz CT molecular complexity index is 1930. The summed E-state index contributed by atoms with van der Waals surface area (Å²) in [6.07, 6.45) is -5.84. The summed E-state index contributed by atoms with van der Waals surface area (Å²) < 4.78 is 41.9. The molecule has 0 aliphatic carbocycles. The smallest absolute Gasteiger partial charge is 0.391 e. The number of aliphatic hydroxyl groups is 1. The van der Waals surface area contributed by atoms with Gasteiger partial charge in [0, 0.05) is 19.6 Å². The van der Waals surface area contributed by atoms with Gasteiger partial charge in [-0.15, -0.1) is 0 Å². The van der Waals surface area contributed by atoms with E-state index in [9.17, 15) is 66.5 Å². The van der Waals surface area contributed by atoms with E-state index in [1.807, 2.05) is 5.32 Å². The Morgan fingerprint density at radius 1 is 0.730 bits per heavy atom. The molecule has 0 saturated carbocycles. The normalized spacial score (nSPS) is 16.9. The van der Waals surface area contributed by atoms with Crippen LogP contribution in [0, 0.1) is 5.92 Å². The number of carboxylic acid groups (broad SMARTS) is 1. The highest BCUT2D eigenvalue weighted by Crippen LogP contribution is 2.24. The number of aliphatic carboxylic acids is 1. The van der Waals surface area contributed by atoms with Crippen LogP contribution in [0.5, 0.6) is 0 Å². The molecule has 0 aromatic rings. The summed E-state index contributed by atoms with van der Waals surface area (Å²) in [5.41, 5.74) is 44.0. The number of carbonyl (C=O) groups excluding carboxylic acids is 8. The van der Waals surface area contributed by atoms with E-state index < -0.39 is 139 Å². The number of nitrogens with two attached hydrogens (primary N) is 8. The molecule has 74 heavy (non-hydrogen) atoms. The van der Waals surface area contributed by atoms with Crippen molar-refractivity contribution >= 4 is 59.2 Å². The minimum Gasteiger partial charge on any atom is -0.477 e. The zero-order chi connectivity index (χ0) is 56.1. The highest BCUT2D eigenvalue weighted by atomic mass is 19.4. The van der Waals surface area contributed by atoms with Gasteiger partial charge in [0.2, 0.25) is 47.3 Å². The molecule has 1 aliphatic heterocycles. The van der Waals surface area contributed by atoms with Gasteiger partial charge < -0.3 is 98.2 Å². The van der Waals surface area contributed by atoms with Crippen LogP contribution in [0.25, 0.3) is 0 Å². The first kappa shape index (κ1) is 65.8. The Labute approximate surface area is 426 Å².